The van der Waals surface area contributed by atoms with Crippen molar-refractivity contribution in [2.75, 3.05) is 61.0 Å². The number of hydrogen-bond donors (Lipinski definition) is 8. The summed E-state index contributed by atoms with van der Waals surface area (Å²) in [6, 6.07) is 79.4. The second kappa shape index (κ2) is 37.5. The van der Waals surface area contributed by atoms with Crippen molar-refractivity contribution in [3.05, 3.63) is 350 Å². The van der Waals surface area contributed by atoms with Gasteiger partial charge in [0, 0.05) is 110 Å². The van der Waals surface area contributed by atoms with E-state index in [1.54, 1.807) is 82.7 Å². The molecule has 7 heterocycles. The maximum Gasteiger partial charge on any atom is 0.337 e. The maximum absolute atomic E-state index is 13.1. The van der Waals surface area contributed by atoms with Crippen LogP contribution in [0.25, 0.3) is 32.7 Å². The molecule has 0 radical (unpaired) electrons. The number of hydrogen-bond acceptors (Lipinski definition) is 19. The summed E-state index contributed by atoms with van der Waals surface area (Å²) >= 11 is 1.48. The van der Waals surface area contributed by atoms with E-state index in [4.69, 9.17) is 29.2 Å². The molecule has 11 aromatic carbocycles. The number of carbonyl (C=O) groups is 8. The smallest absolute Gasteiger partial charge is 0.337 e. The molecule has 0 bridgehead atoms. The summed E-state index contributed by atoms with van der Waals surface area (Å²) in [5.41, 5.74) is 17.4. The quantitative estimate of drug-likeness (QED) is 0.0143. The largest absolute Gasteiger partial charge is 0.494 e. The predicted molar refractivity (Wildman–Crippen MR) is 485 cm³/mol. The first-order valence-electron chi connectivity index (χ1n) is 40.4. The molecule has 26 nitrogen and oxygen atoms in total. The number of aromatic amines is 3. The number of aromatic nitrogens is 4. The number of ether oxygens (including phenoxy) is 3. The number of amides is 5. The lowest BCUT2D eigenvalue weighted by Crippen LogP contribution is -2.34. The number of nitrogens with zero attached hydrogens (tertiary/aromatic N) is 7. The van der Waals surface area contributed by atoms with E-state index in [9.17, 15) is 53.7 Å². The van der Waals surface area contributed by atoms with E-state index in [0.29, 0.717) is 140 Å². The number of nitrogens with one attached hydrogen (secondary N) is 5. The number of carbonyl (C=O) groups excluding carboxylic acids is 8. The average Bonchev–Trinajstić information content (AvgIpc) is 1.62. The number of methoxy groups -OCH3 is 3. The van der Waals surface area contributed by atoms with Gasteiger partial charge < -0.3 is 69.8 Å². The average molecular weight is 1700 g/mol. The van der Waals surface area contributed by atoms with Gasteiger partial charge in [-0.3, -0.25) is 24.0 Å². The molecule has 8 N–H and O–H groups in total. The van der Waals surface area contributed by atoms with Crippen LogP contribution in [0.15, 0.2) is 287 Å². The van der Waals surface area contributed by atoms with Crippen LogP contribution in [0.5, 0.6) is 17.6 Å². The van der Waals surface area contributed by atoms with E-state index in [1.807, 2.05) is 204 Å². The Morgan fingerprint density at radius 3 is 1.11 bits per heavy atom. The van der Waals surface area contributed by atoms with Gasteiger partial charge in [0.1, 0.15) is 17.8 Å². The number of thiazole rings is 1. The van der Waals surface area contributed by atoms with E-state index < -0.39 is 17.9 Å². The van der Waals surface area contributed by atoms with Crippen LogP contribution in [0.2, 0.25) is 0 Å². The van der Waals surface area contributed by atoms with Crippen molar-refractivity contribution in [3.8, 4) is 17.6 Å². The predicted octanol–water partition coefficient (Wildman–Crippen LogP) is 16.6. The second-order valence-corrected chi connectivity index (χ2v) is 30.7. The molecule has 0 fully saturated rings. The van der Waals surface area contributed by atoms with Gasteiger partial charge in [0.25, 0.3) is 0 Å². The van der Waals surface area contributed by atoms with Crippen LogP contribution in [-0.4, -0.2) is 141 Å². The fourth-order valence-electron chi connectivity index (χ4n) is 15.7. The van der Waals surface area contributed by atoms with Crippen molar-refractivity contribution in [3.63, 3.8) is 0 Å². The van der Waals surface area contributed by atoms with Gasteiger partial charge in [-0.05, 0) is 145 Å². The highest BCUT2D eigenvalue weighted by Gasteiger charge is 2.32. The minimum absolute atomic E-state index is 0.0277. The number of aromatic hydroxyl groups is 3. The lowest BCUT2D eigenvalue weighted by molar-refractivity contribution is -0.128. The molecule has 3 aliphatic rings. The highest BCUT2D eigenvalue weighted by Crippen LogP contribution is 2.41. The molecule has 15 aromatic rings. The summed E-state index contributed by atoms with van der Waals surface area (Å²) < 4.78 is 14.5. The van der Waals surface area contributed by atoms with Crippen LogP contribution < -0.4 is 25.3 Å². The Labute approximate surface area is 725 Å². The molecule has 4 aromatic heterocycles. The molecule has 0 saturated carbocycles. The molecular formula is C99H82N12O14S. The Morgan fingerprint density at radius 2 is 0.754 bits per heavy atom. The first-order valence-corrected chi connectivity index (χ1v) is 41.3. The maximum atomic E-state index is 13.1. The van der Waals surface area contributed by atoms with Crippen molar-refractivity contribution < 1.29 is 67.9 Å². The highest BCUT2D eigenvalue weighted by molar-refractivity contribution is 7.09. The standard InChI is InChI=1S/C35H30N4O5.C34H28N4O5.C30H24N4O4S/c1-44-35(43)25-12-14-27-28(19-25)38-34(42)32(27)33(23-10-6-3-7-11-23)37-26-13-15-29-24(18-26)16-17-39(29)31(41)20-30(40)36-21-22-8-4-2-5-9-22;1-43-34(42)23-12-14-26-27(19-23)37-33(41)31(26)32(21-8-4-2-5-9-21)36-25-13-15-28-22(18-25)16-17-38(28)30(40)20-29(39)35-24-10-6-3-7-11-24;1-38-30(37)20-7-9-22-23(16-20)33-29(36)27(22)28(18-5-3-2-4-6-18)32-21-8-10-24-19(15-21)11-13-34(24)26(35)17-25-31-12-14-39-25/h2-15,18-19,38,42H,16-17,20-21H2,1H3,(H,36,40);2-15,18-19,37,41H,16-17,20H2,1H3,(H,35,39);2-10,12,14-16,33,36H,11,13,17H2,1H3. The van der Waals surface area contributed by atoms with Crippen molar-refractivity contribution in [2.24, 2.45) is 15.0 Å². The van der Waals surface area contributed by atoms with Crippen molar-refractivity contribution in [1.29, 1.82) is 0 Å². The molecule has 27 heteroatoms. The minimum Gasteiger partial charge on any atom is -0.494 e. The normalized spacial score (nSPS) is 12.8. The van der Waals surface area contributed by atoms with Gasteiger partial charge in [-0.15, -0.1) is 11.3 Å². The molecular weight excluding hydrogens is 1610 g/mol. The van der Waals surface area contributed by atoms with Gasteiger partial charge in [0.2, 0.25) is 29.5 Å². The summed E-state index contributed by atoms with van der Waals surface area (Å²) in [6.07, 6.45) is 3.49. The van der Waals surface area contributed by atoms with Gasteiger partial charge in [0.15, 0.2) is 17.6 Å². The Morgan fingerprint density at radius 1 is 0.405 bits per heavy atom. The minimum atomic E-state index is -0.475. The Kier molecular flexibility index (Phi) is 24.8. The van der Waals surface area contributed by atoms with Gasteiger partial charge in [-0.25, -0.2) is 34.3 Å². The number of H-pyrrole nitrogens is 3. The molecule has 0 saturated heterocycles. The monoisotopic (exact) mass is 1690 g/mol. The summed E-state index contributed by atoms with van der Waals surface area (Å²) in [7, 11) is 3.97. The van der Waals surface area contributed by atoms with Gasteiger partial charge in [-0.2, -0.15) is 0 Å². The molecule has 0 unspecified atom stereocenters. The Balaban J connectivity index is 0.000000139. The fourth-order valence-corrected chi connectivity index (χ4v) is 16.3. The lowest BCUT2D eigenvalue weighted by atomic mass is 10.00. The number of fused-ring (bicyclic) bond motifs is 6. The molecule has 0 atom stereocenters. The first-order chi connectivity index (χ1) is 61.3. The fraction of sp³-hybridized carbons (Fsp3) is 0.131. The number of aliphatic imine (C=N–C) groups is 3. The number of anilines is 4. The third-order valence-corrected chi connectivity index (χ3v) is 22.5. The van der Waals surface area contributed by atoms with Crippen molar-refractivity contribution in [1.82, 2.24) is 25.3 Å². The summed E-state index contributed by atoms with van der Waals surface area (Å²) in [4.78, 5) is 133. The van der Waals surface area contributed by atoms with Crippen LogP contribution in [0.3, 0.4) is 0 Å². The topological polar surface area (TPSA) is 356 Å². The zero-order valence-electron chi connectivity index (χ0n) is 68.4. The van der Waals surface area contributed by atoms with Gasteiger partial charge in [0.05, 0.1) is 95.3 Å². The highest BCUT2D eigenvalue weighted by atomic mass is 32.1. The van der Waals surface area contributed by atoms with Crippen LogP contribution in [0.4, 0.5) is 39.8 Å². The first kappa shape index (κ1) is 83.5. The third-order valence-electron chi connectivity index (χ3n) is 21.8. The van der Waals surface area contributed by atoms with Gasteiger partial charge in [-0.1, -0.05) is 158 Å². The van der Waals surface area contributed by atoms with E-state index in [1.165, 1.54) is 32.7 Å². The number of benzene rings is 11. The Bertz CT molecular complexity index is 6790. The third kappa shape index (κ3) is 18.4. The lowest BCUT2D eigenvalue weighted by Gasteiger charge is -2.17. The molecule has 3 aliphatic heterocycles. The van der Waals surface area contributed by atoms with Crippen molar-refractivity contribution >= 4 is 148 Å². The summed E-state index contributed by atoms with van der Waals surface area (Å²) in [5.74, 6) is -2.80. The van der Waals surface area contributed by atoms with Crippen molar-refractivity contribution in [2.45, 2.75) is 45.1 Å². The number of para-hydroxylation sites is 1. The van der Waals surface area contributed by atoms with E-state index >= 15 is 0 Å². The number of esters is 3. The summed E-state index contributed by atoms with van der Waals surface area (Å²) in [5, 5.41) is 43.4. The van der Waals surface area contributed by atoms with Crippen LogP contribution >= 0.6 is 11.3 Å². The molecule has 0 spiro atoms. The van der Waals surface area contributed by atoms with Crippen LogP contribution in [0, 0.1) is 0 Å². The van der Waals surface area contributed by atoms with Crippen LogP contribution in [0.1, 0.15) is 105 Å². The molecule has 126 heavy (non-hydrogen) atoms. The molecule has 0 aliphatic carbocycles. The van der Waals surface area contributed by atoms with Crippen LogP contribution in [-0.2, 0) is 70.4 Å². The summed E-state index contributed by atoms with van der Waals surface area (Å²) in [6.45, 7) is 1.93. The number of rotatable bonds is 21. The zero-order chi connectivity index (χ0) is 87.5. The second-order valence-electron chi connectivity index (χ2n) is 29.7. The van der Waals surface area contributed by atoms with E-state index in [2.05, 4.69) is 30.6 Å². The van der Waals surface area contributed by atoms with E-state index in [-0.39, 0.29) is 66.4 Å². The SMILES string of the molecule is COC(=O)c1ccc2c(C(=Nc3ccc4c(c3)CCN4C(=O)CC(=O)NCc3ccccc3)c3ccccc3)c(O)[nH]c2c1.COC(=O)c1ccc2c(C(=Nc3ccc4c(c3)CCN4C(=O)CC(=O)Nc3ccccc3)c3ccccc3)c(O)[nH]c2c1.COC(=O)c1ccc2c(C(=Nc3ccc4c(c3)CCN4C(=O)Cc3nccs3)c3ccccc3)c(O)[nH]c2c1. The Hall–Kier alpha value is -16.2. The van der Waals surface area contributed by atoms with E-state index in [0.717, 1.165) is 72.8 Å². The van der Waals surface area contributed by atoms with Gasteiger partial charge >= 0.3 is 17.9 Å². The zero-order valence-corrected chi connectivity index (χ0v) is 69.2. The molecule has 18 rings (SSSR count). The molecule has 5 amide bonds. The molecule has 628 valence electrons.